The van der Waals surface area contributed by atoms with Crippen LogP contribution in [0, 0.1) is 11.8 Å². The average Bonchev–Trinajstić information content (AvgIpc) is 3.26. The molecule has 1 saturated carbocycles. The molecule has 1 aromatic carbocycles. The highest BCUT2D eigenvalue weighted by atomic mass is 32.2. The van der Waals surface area contributed by atoms with Gasteiger partial charge in [-0.2, -0.15) is 0 Å². The van der Waals surface area contributed by atoms with E-state index in [9.17, 15) is 18.0 Å². The standard InChI is InChI=1S/C20H28N2O4S/c1-3-4-10-22(17-9-11-27(25,26)13-17)20(24)15-5-7-16(8-6-15)21-19(23)18-12-14(18)2/h5-8,14,17-18H,3-4,9-13H2,1-2H3,(H,21,23). The van der Waals surface area contributed by atoms with Crippen molar-refractivity contribution in [3.8, 4) is 0 Å². The van der Waals surface area contributed by atoms with Gasteiger partial charge in [-0.3, -0.25) is 9.59 Å². The molecule has 0 spiro atoms. The van der Waals surface area contributed by atoms with Gasteiger partial charge in [0.25, 0.3) is 5.91 Å². The SMILES string of the molecule is CCCCN(C(=O)c1ccc(NC(=O)C2CC2C)cc1)C1CCS(=O)(=O)C1. The van der Waals surface area contributed by atoms with E-state index in [1.807, 2.05) is 6.92 Å². The second kappa shape index (κ2) is 8.00. The summed E-state index contributed by atoms with van der Waals surface area (Å²) in [4.78, 5) is 26.7. The molecule has 1 heterocycles. The smallest absolute Gasteiger partial charge is 0.254 e. The highest BCUT2D eigenvalue weighted by Crippen LogP contribution is 2.38. The Hall–Kier alpha value is -1.89. The quantitative estimate of drug-likeness (QED) is 0.773. The Morgan fingerprint density at radius 3 is 2.41 bits per heavy atom. The number of anilines is 1. The van der Waals surface area contributed by atoms with Gasteiger partial charge < -0.3 is 10.2 Å². The van der Waals surface area contributed by atoms with Crippen LogP contribution in [0.15, 0.2) is 24.3 Å². The summed E-state index contributed by atoms with van der Waals surface area (Å²) in [6.45, 7) is 4.67. The first-order chi connectivity index (χ1) is 12.8. The van der Waals surface area contributed by atoms with Crippen LogP contribution in [-0.4, -0.2) is 49.2 Å². The Balaban J connectivity index is 1.68. The molecular weight excluding hydrogens is 364 g/mol. The third-order valence-electron chi connectivity index (χ3n) is 5.51. The average molecular weight is 393 g/mol. The number of carbonyl (C=O) groups excluding carboxylic acids is 2. The summed E-state index contributed by atoms with van der Waals surface area (Å²) in [5, 5.41) is 2.89. The van der Waals surface area contributed by atoms with E-state index in [-0.39, 0.29) is 35.3 Å². The number of amides is 2. The van der Waals surface area contributed by atoms with Gasteiger partial charge in [-0.15, -0.1) is 0 Å². The normalized spacial score (nSPS) is 25.8. The van der Waals surface area contributed by atoms with Crippen molar-refractivity contribution in [1.82, 2.24) is 4.90 Å². The van der Waals surface area contributed by atoms with E-state index < -0.39 is 9.84 Å². The van der Waals surface area contributed by atoms with Crippen LogP contribution >= 0.6 is 0 Å². The topological polar surface area (TPSA) is 83.6 Å². The second-order valence-electron chi connectivity index (χ2n) is 7.80. The molecule has 2 amide bonds. The number of benzene rings is 1. The summed E-state index contributed by atoms with van der Waals surface area (Å²) in [5.74, 6) is 0.635. The molecule has 1 saturated heterocycles. The lowest BCUT2D eigenvalue weighted by Crippen LogP contribution is -2.41. The largest absolute Gasteiger partial charge is 0.335 e. The van der Waals surface area contributed by atoms with Gasteiger partial charge in [-0.25, -0.2) is 8.42 Å². The zero-order valence-corrected chi connectivity index (χ0v) is 16.8. The molecule has 3 rings (SSSR count). The maximum atomic E-state index is 13.0. The molecule has 27 heavy (non-hydrogen) atoms. The summed E-state index contributed by atoms with van der Waals surface area (Å²) in [5.41, 5.74) is 1.20. The van der Waals surface area contributed by atoms with Crippen molar-refractivity contribution in [2.24, 2.45) is 11.8 Å². The van der Waals surface area contributed by atoms with Crippen LogP contribution < -0.4 is 5.32 Å². The van der Waals surface area contributed by atoms with Crippen LogP contribution in [0.1, 0.15) is 49.9 Å². The molecule has 0 aromatic heterocycles. The Morgan fingerprint density at radius 2 is 1.89 bits per heavy atom. The number of hydrogen-bond acceptors (Lipinski definition) is 4. The summed E-state index contributed by atoms with van der Waals surface area (Å²) < 4.78 is 23.7. The third kappa shape index (κ3) is 4.89. The predicted octanol–water partition coefficient (Wildman–Crippen LogP) is 2.71. The van der Waals surface area contributed by atoms with E-state index in [1.165, 1.54) is 0 Å². The van der Waals surface area contributed by atoms with Crippen molar-refractivity contribution < 1.29 is 18.0 Å². The molecule has 0 bridgehead atoms. The first-order valence-electron chi connectivity index (χ1n) is 9.73. The Kier molecular flexibility index (Phi) is 5.89. The molecule has 2 fully saturated rings. The Labute approximate surface area is 161 Å². The van der Waals surface area contributed by atoms with Gasteiger partial charge in [0, 0.05) is 29.8 Å². The molecule has 6 nitrogen and oxygen atoms in total. The van der Waals surface area contributed by atoms with Gasteiger partial charge >= 0.3 is 0 Å². The summed E-state index contributed by atoms with van der Waals surface area (Å²) in [6, 6.07) is 6.64. The molecule has 7 heteroatoms. The Morgan fingerprint density at radius 1 is 1.22 bits per heavy atom. The van der Waals surface area contributed by atoms with E-state index in [0.717, 1.165) is 19.3 Å². The van der Waals surface area contributed by atoms with Crippen molar-refractivity contribution in [2.45, 2.75) is 45.6 Å². The second-order valence-corrected chi connectivity index (χ2v) is 10.0. The van der Waals surface area contributed by atoms with Crippen molar-refractivity contribution >= 4 is 27.3 Å². The molecule has 1 aromatic rings. The summed E-state index contributed by atoms with van der Waals surface area (Å²) in [7, 11) is -3.05. The number of sulfone groups is 1. The summed E-state index contributed by atoms with van der Waals surface area (Å²) >= 11 is 0. The summed E-state index contributed by atoms with van der Waals surface area (Å²) in [6.07, 6.45) is 3.22. The first-order valence-corrected chi connectivity index (χ1v) is 11.5. The zero-order valence-electron chi connectivity index (χ0n) is 16.0. The van der Waals surface area contributed by atoms with Gasteiger partial charge in [0.1, 0.15) is 0 Å². The van der Waals surface area contributed by atoms with Crippen molar-refractivity contribution in [1.29, 1.82) is 0 Å². The van der Waals surface area contributed by atoms with Gasteiger partial charge in [0.15, 0.2) is 9.84 Å². The van der Waals surface area contributed by atoms with E-state index >= 15 is 0 Å². The van der Waals surface area contributed by atoms with Crippen molar-refractivity contribution in [3.63, 3.8) is 0 Å². The number of unbranched alkanes of at least 4 members (excludes halogenated alkanes) is 1. The first kappa shape index (κ1) is 19.9. The van der Waals surface area contributed by atoms with Crippen LogP contribution in [0.25, 0.3) is 0 Å². The van der Waals surface area contributed by atoms with E-state index in [1.54, 1.807) is 29.2 Å². The fourth-order valence-corrected chi connectivity index (χ4v) is 5.31. The van der Waals surface area contributed by atoms with Gasteiger partial charge in [0.05, 0.1) is 11.5 Å². The molecule has 1 N–H and O–H groups in total. The highest BCUT2D eigenvalue weighted by molar-refractivity contribution is 7.91. The molecule has 2 aliphatic rings. The van der Waals surface area contributed by atoms with Crippen LogP contribution in [-0.2, 0) is 14.6 Å². The van der Waals surface area contributed by atoms with Crippen molar-refractivity contribution in [3.05, 3.63) is 29.8 Å². The maximum Gasteiger partial charge on any atom is 0.254 e. The van der Waals surface area contributed by atoms with Gasteiger partial charge in [-0.1, -0.05) is 20.3 Å². The molecule has 1 aliphatic heterocycles. The lowest BCUT2D eigenvalue weighted by molar-refractivity contribution is -0.117. The Bertz CT molecular complexity index is 804. The minimum atomic E-state index is -3.05. The van der Waals surface area contributed by atoms with Crippen LogP contribution in [0.2, 0.25) is 0 Å². The monoisotopic (exact) mass is 392 g/mol. The zero-order chi connectivity index (χ0) is 19.6. The lowest BCUT2D eigenvalue weighted by atomic mass is 10.1. The van der Waals surface area contributed by atoms with Crippen LogP contribution in [0.5, 0.6) is 0 Å². The van der Waals surface area contributed by atoms with Gasteiger partial charge in [0.2, 0.25) is 5.91 Å². The minimum absolute atomic E-state index is 0.0299. The van der Waals surface area contributed by atoms with Crippen LogP contribution in [0.4, 0.5) is 5.69 Å². The van der Waals surface area contributed by atoms with E-state index in [4.69, 9.17) is 0 Å². The predicted molar refractivity (Wildman–Crippen MR) is 105 cm³/mol. The number of hydrogen-bond donors (Lipinski definition) is 1. The molecule has 1 aliphatic carbocycles. The minimum Gasteiger partial charge on any atom is -0.335 e. The molecular formula is C20H28N2O4S. The number of rotatable bonds is 7. The van der Waals surface area contributed by atoms with Crippen LogP contribution in [0.3, 0.4) is 0 Å². The van der Waals surface area contributed by atoms with Gasteiger partial charge in [-0.05, 0) is 49.4 Å². The van der Waals surface area contributed by atoms with E-state index in [0.29, 0.717) is 30.1 Å². The highest BCUT2D eigenvalue weighted by Gasteiger charge is 2.39. The van der Waals surface area contributed by atoms with E-state index in [2.05, 4.69) is 12.2 Å². The number of carbonyl (C=O) groups is 2. The third-order valence-corrected chi connectivity index (χ3v) is 7.26. The fourth-order valence-electron chi connectivity index (χ4n) is 3.58. The lowest BCUT2D eigenvalue weighted by Gasteiger charge is -2.28. The number of nitrogens with one attached hydrogen (secondary N) is 1. The molecule has 0 radical (unpaired) electrons. The number of nitrogens with zero attached hydrogens (tertiary/aromatic N) is 1. The molecule has 3 atom stereocenters. The molecule has 148 valence electrons. The van der Waals surface area contributed by atoms with Crippen molar-refractivity contribution in [2.75, 3.05) is 23.4 Å². The molecule has 3 unspecified atom stereocenters. The maximum absolute atomic E-state index is 13.0. The fraction of sp³-hybridized carbons (Fsp3) is 0.600.